The highest BCUT2D eigenvalue weighted by atomic mass is 14.3. The lowest BCUT2D eigenvalue weighted by atomic mass is 10.1. The zero-order chi connectivity index (χ0) is 8.67. The molecule has 0 spiro atoms. The lowest BCUT2D eigenvalue weighted by molar-refractivity contribution is 0.882. The summed E-state index contributed by atoms with van der Waals surface area (Å²) in [6, 6.07) is 11.0. The number of hydrogen-bond donors (Lipinski definition) is 0. The van der Waals surface area contributed by atoms with E-state index in [4.69, 9.17) is 0 Å². The SMILES string of the molecule is c1ccc2[c+](cc1)C1=C(CCC1)C2. The minimum atomic E-state index is 1.22. The van der Waals surface area contributed by atoms with Gasteiger partial charge in [-0.05, 0) is 25.0 Å². The van der Waals surface area contributed by atoms with Crippen LogP contribution in [0, 0.1) is 0 Å². The summed E-state index contributed by atoms with van der Waals surface area (Å²) in [7, 11) is 0. The van der Waals surface area contributed by atoms with Crippen LogP contribution in [0.15, 0.2) is 35.9 Å². The summed E-state index contributed by atoms with van der Waals surface area (Å²) in [5.74, 6) is 0. The van der Waals surface area contributed by atoms with Crippen LogP contribution in [-0.4, -0.2) is 0 Å². The van der Waals surface area contributed by atoms with Crippen LogP contribution in [0.4, 0.5) is 0 Å². The van der Waals surface area contributed by atoms with Crippen molar-refractivity contribution in [1.29, 1.82) is 0 Å². The van der Waals surface area contributed by atoms with Crippen molar-refractivity contribution in [2.45, 2.75) is 25.7 Å². The van der Waals surface area contributed by atoms with E-state index >= 15 is 0 Å². The van der Waals surface area contributed by atoms with Gasteiger partial charge in [0.1, 0.15) is 0 Å². The molecule has 0 fully saturated rings. The minimum Gasteiger partial charge on any atom is -0.0351 e. The highest BCUT2D eigenvalue weighted by Gasteiger charge is 2.29. The fourth-order valence-corrected chi connectivity index (χ4v) is 2.59. The van der Waals surface area contributed by atoms with Gasteiger partial charge >= 0.3 is 0 Å². The number of rotatable bonds is 0. The van der Waals surface area contributed by atoms with Crippen LogP contribution >= 0.6 is 0 Å². The van der Waals surface area contributed by atoms with Crippen molar-refractivity contribution < 1.29 is 0 Å². The Morgan fingerprint density at radius 1 is 1.08 bits per heavy atom. The molecule has 0 aromatic heterocycles. The van der Waals surface area contributed by atoms with E-state index in [-0.39, 0.29) is 0 Å². The molecule has 0 aliphatic heterocycles. The van der Waals surface area contributed by atoms with Crippen LogP contribution in [0.3, 0.4) is 0 Å². The highest BCUT2D eigenvalue weighted by molar-refractivity contribution is 5.77. The molecular weight excluding hydrogens is 156 g/mol. The zero-order valence-corrected chi connectivity index (χ0v) is 7.72. The average molecular weight is 169 g/mol. The maximum absolute atomic E-state index is 2.28. The molecule has 0 radical (unpaired) electrons. The summed E-state index contributed by atoms with van der Waals surface area (Å²) >= 11 is 0. The van der Waals surface area contributed by atoms with Gasteiger partial charge in [-0.2, -0.15) is 0 Å². The molecule has 1 aromatic carbocycles. The van der Waals surface area contributed by atoms with Gasteiger partial charge < -0.3 is 0 Å². The van der Waals surface area contributed by atoms with E-state index in [0.29, 0.717) is 0 Å². The lowest BCUT2D eigenvalue weighted by Crippen LogP contribution is -1.82. The van der Waals surface area contributed by atoms with Crippen LogP contribution in [0.2, 0.25) is 0 Å². The maximum Gasteiger partial charge on any atom is 0.0688 e. The predicted octanol–water partition coefficient (Wildman–Crippen LogP) is 3.46. The first kappa shape index (κ1) is 7.25. The molecule has 64 valence electrons. The molecule has 0 heteroatoms. The van der Waals surface area contributed by atoms with Gasteiger partial charge in [0, 0.05) is 42.2 Å². The zero-order valence-electron chi connectivity index (χ0n) is 7.72. The van der Waals surface area contributed by atoms with Crippen molar-refractivity contribution in [3.8, 4) is 0 Å². The molecule has 0 unspecified atom stereocenters. The summed E-state index contributed by atoms with van der Waals surface area (Å²) in [5, 5.41) is 0. The summed E-state index contributed by atoms with van der Waals surface area (Å²) < 4.78 is 0. The van der Waals surface area contributed by atoms with Gasteiger partial charge in [-0.1, -0.05) is 0 Å². The second-order valence-electron chi connectivity index (χ2n) is 3.96. The third-order valence-electron chi connectivity index (χ3n) is 3.19. The van der Waals surface area contributed by atoms with Crippen molar-refractivity contribution in [1.82, 2.24) is 0 Å². The molecule has 0 saturated carbocycles. The van der Waals surface area contributed by atoms with E-state index in [9.17, 15) is 0 Å². The third kappa shape index (κ3) is 1.02. The van der Waals surface area contributed by atoms with E-state index in [1.807, 2.05) is 0 Å². The van der Waals surface area contributed by atoms with Crippen molar-refractivity contribution in [2.24, 2.45) is 0 Å². The summed E-state index contributed by atoms with van der Waals surface area (Å²) in [6.45, 7) is 0. The van der Waals surface area contributed by atoms with E-state index < -0.39 is 0 Å². The van der Waals surface area contributed by atoms with Gasteiger partial charge in [0.05, 0.1) is 11.1 Å². The molecule has 0 N–H and O–H groups in total. The highest BCUT2D eigenvalue weighted by Crippen LogP contribution is 2.42. The van der Waals surface area contributed by atoms with Crippen molar-refractivity contribution in [2.75, 3.05) is 0 Å². The van der Waals surface area contributed by atoms with Crippen LogP contribution in [0.1, 0.15) is 30.4 Å². The first-order valence-corrected chi connectivity index (χ1v) is 5.07. The topological polar surface area (TPSA) is 0 Å². The summed E-state index contributed by atoms with van der Waals surface area (Å²) in [4.78, 5) is 0. The maximum atomic E-state index is 2.28. The van der Waals surface area contributed by atoms with Crippen LogP contribution in [0.5, 0.6) is 0 Å². The van der Waals surface area contributed by atoms with Crippen LogP contribution in [0.25, 0.3) is 5.57 Å². The first-order chi connectivity index (χ1) is 6.45. The molecule has 0 saturated heterocycles. The molecule has 1 aromatic rings. The standard InChI is InChI=1S/C13H13/c1-2-5-10-9-11-6-4-8-13(11)12(10)7-3-1/h1-3,5,7H,4,6,8-9H2/q+1. The molecule has 0 nitrogen and oxygen atoms in total. The number of allylic oxidation sites excluding steroid dienone is 2. The second-order valence-corrected chi connectivity index (χ2v) is 3.96. The van der Waals surface area contributed by atoms with Crippen molar-refractivity contribution >= 4 is 5.57 Å². The van der Waals surface area contributed by atoms with Crippen LogP contribution in [-0.2, 0) is 6.42 Å². The Morgan fingerprint density at radius 2 is 2.08 bits per heavy atom. The Kier molecular flexibility index (Phi) is 1.49. The average Bonchev–Trinajstić information content (AvgIpc) is 2.61. The molecule has 0 atom stereocenters. The smallest absolute Gasteiger partial charge is 0.0351 e. The summed E-state index contributed by atoms with van der Waals surface area (Å²) in [5.41, 5.74) is 6.43. The van der Waals surface area contributed by atoms with Crippen molar-refractivity contribution in [3.05, 3.63) is 47.0 Å². The number of fused-ring (bicyclic) bond motifs is 2. The second kappa shape index (κ2) is 2.66. The molecule has 2 aliphatic rings. The molecule has 13 heavy (non-hydrogen) atoms. The molecule has 3 rings (SSSR count). The molecule has 0 bridgehead atoms. The Hall–Kier alpha value is -1.17. The summed E-state index contributed by atoms with van der Waals surface area (Å²) in [6.07, 6.45) is 5.25. The Morgan fingerprint density at radius 3 is 3.08 bits per heavy atom. The molecule has 2 aliphatic carbocycles. The molecule has 0 amide bonds. The van der Waals surface area contributed by atoms with E-state index in [1.165, 1.54) is 36.8 Å². The van der Waals surface area contributed by atoms with Gasteiger partial charge in [0.2, 0.25) is 0 Å². The Balaban J connectivity index is 2.20. The normalized spacial score (nSPS) is 18.8. The number of hydrogen-bond acceptors (Lipinski definition) is 0. The lowest BCUT2D eigenvalue weighted by Gasteiger charge is -1.91. The fourth-order valence-electron chi connectivity index (χ4n) is 2.59. The predicted molar refractivity (Wildman–Crippen MR) is 55.3 cm³/mol. The van der Waals surface area contributed by atoms with E-state index in [1.54, 1.807) is 11.1 Å². The monoisotopic (exact) mass is 169 g/mol. The van der Waals surface area contributed by atoms with Crippen LogP contribution < -0.4 is 0 Å². The first-order valence-electron chi connectivity index (χ1n) is 5.07. The largest absolute Gasteiger partial charge is 0.0688 e. The Bertz CT molecular complexity index is 391. The van der Waals surface area contributed by atoms with E-state index in [2.05, 4.69) is 30.3 Å². The molecule has 0 heterocycles. The minimum absolute atomic E-state index is 1.22. The van der Waals surface area contributed by atoms with Crippen molar-refractivity contribution in [3.63, 3.8) is 0 Å². The van der Waals surface area contributed by atoms with Gasteiger partial charge in [-0.3, -0.25) is 0 Å². The quantitative estimate of drug-likeness (QED) is 0.522. The fraction of sp³-hybridized carbons (Fsp3) is 0.308. The Labute approximate surface area is 78.9 Å². The van der Waals surface area contributed by atoms with Gasteiger partial charge in [0.25, 0.3) is 0 Å². The van der Waals surface area contributed by atoms with Gasteiger partial charge in [0.15, 0.2) is 0 Å². The van der Waals surface area contributed by atoms with Gasteiger partial charge in [-0.25, -0.2) is 0 Å². The van der Waals surface area contributed by atoms with Gasteiger partial charge in [-0.15, -0.1) is 0 Å². The third-order valence-corrected chi connectivity index (χ3v) is 3.19. The van der Waals surface area contributed by atoms with E-state index in [0.717, 1.165) is 0 Å². The molecular formula is C13H13+.